The second-order valence-corrected chi connectivity index (χ2v) is 7.05. The third-order valence-corrected chi connectivity index (χ3v) is 4.74. The summed E-state index contributed by atoms with van der Waals surface area (Å²) in [6.07, 6.45) is 0. The fraction of sp³-hybridized carbons (Fsp3) is 0.318. The molecule has 3 rings (SSSR count). The van der Waals surface area contributed by atoms with Crippen molar-refractivity contribution in [1.29, 1.82) is 0 Å². The highest BCUT2D eigenvalue weighted by Gasteiger charge is 2.18. The fourth-order valence-electron chi connectivity index (χ4n) is 3.19. The smallest absolute Gasteiger partial charge is 0.340 e. The molecule has 9 nitrogen and oxygen atoms in total. The molecule has 0 saturated carbocycles. The highest BCUT2D eigenvalue weighted by atomic mass is 16.5. The molecular formula is C22H26N4O5. The Kier molecular flexibility index (Phi) is 7.45. The number of urea groups is 1. The number of methoxy groups -OCH3 is 1. The van der Waals surface area contributed by atoms with Crippen LogP contribution in [0.1, 0.15) is 15.9 Å². The van der Waals surface area contributed by atoms with Crippen LogP contribution in [-0.2, 0) is 14.3 Å². The normalized spacial score (nSPS) is 13.3. The number of hydrogen-bond donors (Lipinski definition) is 3. The first kappa shape index (κ1) is 22.1. The zero-order valence-electron chi connectivity index (χ0n) is 17.6. The fourth-order valence-corrected chi connectivity index (χ4v) is 3.19. The average molecular weight is 426 g/mol. The van der Waals surface area contributed by atoms with Gasteiger partial charge in [-0.05, 0) is 42.8 Å². The number of nitrogens with one attached hydrogen (secondary N) is 3. The molecule has 0 spiro atoms. The van der Waals surface area contributed by atoms with E-state index in [1.54, 1.807) is 18.2 Å². The van der Waals surface area contributed by atoms with Gasteiger partial charge in [0.1, 0.15) is 0 Å². The van der Waals surface area contributed by atoms with E-state index in [9.17, 15) is 14.4 Å². The molecule has 0 atom stereocenters. The van der Waals surface area contributed by atoms with E-state index < -0.39 is 17.9 Å². The number of carbonyl (C=O) groups excluding carboxylic acids is 3. The number of aryl methyl sites for hydroxylation is 1. The first-order valence-corrected chi connectivity index (χ1v) is 9.92. The maximum atomic E-state index is 12.3. The quantitative estimate of drug-likeness (QED) is 0.612. The van der Waals surface area contributed by atoms with Crippen molar-refractivity contribution in [3.05, 3.63) is 53.6 Å². The van der Waals surface area contributed by atoms with Crippen molar-refractivity contribution in [3.8, 4) is 0 Å². The van der Waals surface area contributed by atoms with Gasteiger partial charge >= 0.3 is 12.0 Å². The molecule has 9 heteroatoms. The van der Waals surface area contributed by atoms with Crippen molar-refractivity contribution in [2.45, 2.75) is 6.92 Å². The van der Waals surface area contributed by atoms with E-state index >= 15 is 0 Å². The molecule has 0 aliphatic carbocycles. The lowest BCUT2D eigenvalue weighted by Crippen LogP contribution is -2.36. The van der Waals surface area contributed by atoms with Crippen molar-refractivity contribution < 1.29 is 23.9 Å². The highest BCUT2D eigenvalue weighted by molar-refractivity contribution is 6.03. The number of amides is 3. The summed E-state index contributed by atoms with van der Waals surface area (Å²) in [4.78, 5) is 38.7. The summed E-state index contributed by atoms with van der Waals surface area (Å²) in [6.45, 7) is 4.31. The van der Waals surface area contributed by atoms with E-state index in [2.05, 4.69) is 20.9 Å². The summed E-state index contributed by atoms with van der Waals surface area (Å²) in [5, 5.41) is 7.82. The van der Waals surface area contributed by atoms with Crippen LogP contribution in [0.5, 0.6) is 0 Å². The molecule has 1 heterocycles. The maximum absolute atomic E-state index is 12.3. The van der Waals surface area contributed by atoms with Crippen LogP contribution in [0.4, 0.5) is 21.9 Å². The first-order chi connectivity index (χ1) is 15.0. The summed E-state index contributed by atoms with van der Waals surface area (Å²) in [7, 11) is 1.28. The van der Waals surface area contributed by atoms with Gasteiger partial charge in [-0.1, -0.05) is 12.1 Å². The van der Waals surface area contributed by atoms with E-state index in [1.165, 1.54) is 7.11 Å². The Morgan fingerprint density at radius 1 is 1.06 bits per heavy atom. The Bertz CT molecular complexity index is 957. The van der Waals surface area contributed by atoms with Gasteiger partial charge in [0.05, 0.1) is 38.1 Å². The third-order valence-electron chi connectivity index (χ3n) is 4.74. The van der Waals surface area contributed by atoms with Crippen molar-refractivity contribution in [3.63, 3.8) is 0 Å². The van der Waals surface area contributed by atoms with Crippen LogP contribution < -0.4 is 20.9 Å². The summed E-state index contributed by atoms with van der Waals surface area (Å²) in [6, 6.07) is 12.0. The summed E-state index contributed by atoms with van der Waals surface area (Å²) >= 11 is 0. The van der Waals surface area contributed by atoms with Gasteiger partial charge in [-0.25, -0.2) is 9.59 Å². The first-order valence-electron chi connectivity index (χ1n) is 9.92. The van der Waals surface area contributed by atoms with Crippen molar-refractivity contribution in [1.82, 2.24) is 5.32 Å². The number of rotatable bonds is 6. The van der Waals surface area contributed by atoms with Crippen molar-refractivity contribution in [2.24, 2.45) is 0 Å². The molecule has 0 aromatic heterocycles. The molecule has 1 aliphatic heterocycles. The molecule has 0 bridgehead atoms. The topological polar surface area (TPSA) is 109 Å². The zero-order valence-corrected chi connectivity index (χ0v) is 17.6. The molecular weight excluding hydrogens is 400 g/mol. The monoisotopic (exact) mass is 426 g/mol. The molecule has 31 heavy (non-hydrogen) atoms. The molecule has 1 fully saturated rings. The Labute approximate surface area is 180 Å². The number of ether oxygens (including phenoxy) is 2. The Morgan fingerprint density at radius 2 is 1.84 bits per heavy atom. The van der Waals surface area contributed by atoms with Crippen molar-refractivity contribution >= 4 is 35.0 Å². The molecule has 164 valence electrons. The van der Waals surface area contributed by atoms with Gasteiger partial charge in [0.2, 0.25) is 5.91 Å². The van der Waals surface area contributed by atoms with Crippen LogP contribution in [0.3, 0.4) is 0 Å². The van der Waals surface area contributed by atoms with Crippen LogP contribution in [-0.4, -0.2) is 57.9 Å². The number of morpholine rings is 1. The number of esters is 1. The lowest BCUT2D eigenvalue weighted by atomic mass is 10.1. The molecule has 3 amide bonds. The Hall–Kier alpha value is -3.59. The molecule has 1 saturated heterocycles. The number of carbonyl (C=O) groups is 3. The predicted molar refractivity (Wildman–Crippen MR) is 118 cm³/mol. The lowest BCUT2D eigenvalue weighted by Gasteiger charge is -2.29. The second-order valence-electron chi connectivity index (χ2n) is 7.05. The Morgan fingerprint density at radius 3 is 2.55 bits per heavy atom. The highest BCUT2D eigenvalue weighted by Crippen LogP contribution is 2.25. The Balaban J connectivity index is 1.61. The maximum Gasteiger partial charge on any atom is 0.340 e. The molecule has 2 aromatic rings. The third kappa shape index (κ3) is 6.19. The van der Waals surface area contributed by atoms with Gasteiger partial charge < -0.3 is 30.3 Å². The molecule has 0 unspecified atom stereocenters. The van der Waals surface area contributed by atoms with Crippen LogP contribution in [0.25, 0.3) is 0 Å². The van der Waals surface area contributed by atoms with Crippen LogP contribution in [0.2, 0.25) is 0 Å². The number of anilines is 3. The second kappa shape index (κ2) is 10.4. The molecule has 3 N–H and O–H groups in total. The largest absolute Gasteiger partial charge is 0.465 e. The van der Waals surface area contributed by atoms with Crippen LogP contribution in [0, 0.1) is 6.92 Å². The minimum absolute atomic E-state index is 0.240. The van der Waals surface area contributed by atoms with Gasteiger partial charge in [-0.15, -0.1) is 0 Å². The summed E-state index contributed by atoms with van der Waals surface area (Å²) in [5.41, 5.74) is 3.03. The van der Waals surface area contributed by atoms with E-state index in [4.69, 9.17) is 9.47 Å². The zero-order chi connectivity index (χ0) is 22.2. The van der Waals surface area contributed by atoms with E-state index in [0.717, 1.165) is 11.3 Å². The molecule has 2 aromatic carbocycles. The van der Waals surface area contributed by atoms with Crippen LogP contribution >= 0.6 is 0 Å². The minimum Gasteiger partial charge on any atom is -0.465 e. The number of benzene rings is 2. The number of hydrogen-bond acceptors (Lipinski definition) is 6. The SMILES string of the molecule is COC(=O)c1cc(N2CCOCC2)ccc1NC(=O)CNC(=O)Nc1cccc(C)c1. The van der Waals surface area contributed by atoms with Crippen molar-refractivity contribution in [2.75, 3.05) is 55.5 Å². The molecule has 1 aliphatic rings. The van der Waals surface area contributed by atoms with Crippen LogP contribution in [0.15, 0.2) is 42.5 Å². The summed E-state index contributed by atoms with van der Waals surface area (Å²) in [5.74, 6) is -1.03. The van der Waals surface area contributed by atoms with Gasteiger partial charge in [-0.3, -0.25) is 4.79 Å². The molecule has 0 radical (unpaired) electrons. The van der Waals surface area contributed by atoms with Gasteiger partial charge in [0, 0.05) is 24.5 Å². The van der Waals surface area contributed by atoms with Gasteiger partial charge in [0.15, 0.2) is 0 Å². The standard InChI is InChI=1S/C22H26N4O5/c1-15-4-3-5-16(12-15)24-22(29)23-14-20(27)25-19-7-6-17(13-18(19)21(28)30-2)26-8-10-31-11-9-26/h3-7,12-13H,8-11,14H2,1-2H3,(H,25,27)(H2,23,24,29). The number of nitrogens with zero attached hydrogens (tertiary/aromatic N) is 1. The van der Waals surface area contributed by atoms with E-state index in [1.807, 2.05) is 31.2 Å². The minimum atomic E-state index is -0.560. The van der Waals surface area contributed by atoms with E-state index in [-0.39, 0.29) is 12.1 Å². The predicted octanol–water partition coefficient (Wildman–Crippen LogP) is 2.38. The van der Waals surface area contributed by atoms with Gasteiger partial charge in [-0.2, -0.15) is 0 Å². The summed E-state index contributed by atoms with van der Waals surface area (Å²) < 4.78 is 10.2. The van der Waals surface area contributed by atoms with E-state index in [0.29, 0.717) is 37.7 Å². The van der Waals surface area contributed by atoms with Gasteiger partial charge in [0.25, 0.3) is 0 Å². The average Bonchev–Trinajstić information content (AvgIpc) is 2.78. The lowest BCUT2D eigenvalue weighted by molar-refractivity contribution is -0.115.